The lowest BCUT2D eigenvalue weighted by Crippen LogP contribution is -2.36. The molecule has 0 atom stereocenters. The molecular formula is C15H17FN4OS. The largest absolute Gasteiger partial charge is 0.299 e. The molecule has 1 aromatic carbocycles. The minimum atomic E-state index is -0.218. The van der Waals surface area contributed by atoms with Crippen LogP contribution in [0.5, 0.6) is 0 Å². The molecule has 0 radical (unpaired) electrons. The molecule has 1 aromatic heterocycles. The van der Waals surface area contributed by atoms with Crippen molar-refractivity contribution in [2.45, 2.75) is 25.3 Å². The zero-order valence-corrected chi connectivity index (χ0v) is 12.9. The molecule has 5 nitrogen and oxygen atoms in total. The standard InChI is InChI=1S/C15H17FN4OS/c16-12-3-1-2-11(8-12)6-7-20(13-4-5-13)9-14(21)18-15-19-17-10-22-15/h1-3,8,10,13H,4-7,9H2,(H,18,19,21). The van der Waals surface area contributed by atoms with Gasteiger partial charge in [0.1, 0.15) is 11.3 Å². The van der Waals surface area contributed by atoms with Gasteiger partial charge in [0.15, 0.2) is 0 Å². The number of aromatic nitrogens is 2. The summed E-state index contributed by atoms with van der Waals surface area (Å²) in [6, 6.07) is 7.09. The monoisotopic (exact) mass is 320 g/mol. The molecule has 1 saturated carbocycles. The number of halogens is 1. The SMILES string of the molecule is O=C(CN(CCc1cccc(F)c1)C1CC1)Nc1nncs1. The van der Waals surface area contributed by atoms with Crippen molar-refractivity contribution < 1.29 is 9.18 Å². The Balaban J connectivity index is 1.53. The highest BCUT2D eigenvalue weighted by atomic mass is 32.1. The second-order valence-corrected chi connectivity index (χ2v) is 6.21. The van der Waals surface area contributed by atoms with Crippen LogP contribution in [0.3, 0.4) is 0 Å². The predicted molar refractivity (Wildman–Crippen MR) is 83.2 cm³/mol. The van der Waals surface area contributed by atoms with Crippen molar-refractivity contribution in [2.24, 2.45) is 0 Å². The van der Waals surface area contributed by atoms with Gasteiger partial charge in [-0.25, -0.2) is 4.39 Å². The van der Waals surface area contributed by atoms with Gasteiger partial charge in [0.25, 0.3) is 0 Å². The van der Waals surface area contributed by atoms with Crippen LogP contribution in [0.1, 0.15) is 18.4 Å². The van der Waals surface area contributed by atoms with Crippen LogP contribution in [0, 0.1) is 5.82 Å². The quantitative estimate of drug-likeness (QED) is 0.850. The first kappa shape index (κ1) is 15.1. The zero-order valence-electron chi connectivity index (χ0n) is 12.0. The first-order valence-corrected chi connectivity index (χ1v) is 8.13. The summed E-state index contributed by atoms with van der Waals surface area (Å²) < 4.78 is 13.2. The number of nitrogens with zero attached hydrogens (tertiary/aromatic N) is 3. The minimum Gasteiger partial charge on any atom is -0.299 e. The molecule has 2 aromatic rings. The summed E-state index contributed by atoms with van der Waals surface area (Å²) in [5.41, 5.74) is 2.54. The summed E-state index contributed by atoms with van der Waals surface area (Å²) in [7, 11) is 0. The molecule has 1 fully saturated rings. The van der Waals surface area contributed by atoms with Crippen molar-refractivity contribution in [1.29, 1.82) is 0 Å². The average molecular weight is 320 g/mol. The Morgan fingerprint density at radius 3 is 3.00 bits per heavy atom. The van der Waals surface area contributed by atoms with Crippen LogP contribution in [0.15, 0.2) is 29.8 Å². The maximum absolute atomic E-state index is 13.2. The maximum atomic E-state index is 13.2. The van der Waals surface area contributed by atoms with Gasteiger partial charge in [0, 0.05) is 12.6 Å². The smallest absolute Gasteiger partial charge is 0.240 e. The van der Waals surface area contributed by atoms with Crippen LogP contribution in [0.4, 0.5) is 9.52 Å². The van der Waals surface area contributed by atoms with Crippen molar-refractivity contribution >= 4 is 22.4 Å². The maximum Gasteiger partial charge on any atom is 0.240 e. The van der Waals surface area contributed by atoms with Crippen molar-refractivity contribution in [1.82, 2.24) is 15.1 Å². The molecule has 1 heterocycles. The lowest BCUT2D eigenvalue weighted by Gasteiger charge is -2.21. The number of rotatable bonds is 7. The lowest BCUT2D eigenvalue weighted by atomic mass is 10.1. The molecule has 1 N–H and O–H groups in total. The second-order valence-electron chi connectivity index (χ2n) is 5.37. The predicted octanol–water partition coefficient (Wildman–Crippen LogP) is 2.32. The molecule has 116 valence electrons. The fourth-order valence-electron chi connectivity index (χ4n) is 2.37. The molecule has 3 rings (SSSR count). The van der Waals surface area contributed by atoms with Gasteiger partial charge >= 0.3 is 0 Å². The third-order valence-corrected chi connectivity index (χ3v) is 4.20. The van der Waals surface area contributed by atoms with Crippen LogP contribution < -0.4 is 5.32 Å². The van der Waals surface area contributed by atoms with Crippen LogP contribution in [-0.2, 0) is 11.2 Å². The number of hydrogen-bond acceptors (Lipinski definition) is 5. The summed E-state index contributed by atoms with van der Waals surface area (Å²) in [6.45, 7) is 1.08. The first-order chi connectivity index (χ1) is 10.7. The molecule has 22 heavy (non-hydrogen) atoms. The molecule has 0 bridgehead atoms. The number of carbonyl (C=O) groups is 1. The molecule has 7 heteroatoms. The van der Waals surface area contributed by atoms with E-state index in [0.717, 1.165) is 31.4 Å². The van der Waals surface area contributed by atoms with Crippen molar-refractivity contribution in [3.8, 4) is 0 Å². The Labute approximate surface area is 132 Å². The topological polar surface area (TPSA) is 58.1 Å². The summed E-state index contributed by atoms with van der Waals surface area (Å²) in [5, 5.41) is 10.8. The van der Waals surface area contributed by atoms with Crippen molar-refractivity contribution in [3.63, 3.8) is 0 Å². The highest BCUT2D eigenvalue weighted by Crippen LogP contribution is 2.27. The van der Waals surface area contributed by atoms with Gasteiger partial charge in [-0.1, -0.05) is 23.5 Å². The third-order valence-electron chi connectivity index (χ3n) is 3.59. The molecule has 1 amide bonds. The average Bonchev–Trinajstić information content (AvgIpc) is 3.22. The van der Waals surface area contributed by atoms with Crippen molar-refractivity contribution in [2.75, 3.05) is 18.4 Å². The third kappa shape index (κ3) is 4.32. The molecule has 1 aliphatic rings. The first-order valence-electron chi connectivity index (χ1n) is 7.25. The normalized spacial score (nSPS) is 14.3. The molecule has 1 aliphatic carbocycles. The number of amides is 1. The molecule has 0 saturated heterocycles. The molecular weight excluding hydrogens is 303 g/mol. The van der Waals surface area contributed by atoms with Gasteiger partial charge in [0.05, 0.1) is 6.54 Å². The van der Waals surface area contributed by atoms with E-state index in [1.807, 2.05) is 6.07 Å². The molecule has 0 aliphatic heterocycles. The van der Waals surface area contributed by atoms with Crippen LogP contribution >= 0.6 is 11.3 Å². The van der Waals surface area contributed by atoms with Crippen LogP contribution in [-0.4, -0.2) is 40.1 Å². The van der Waals surface area contributed by atoms with E-state index in [2.05, 4.69) is 20.4 Å². The fourth-order valence-corrected chi connectivity index (χ4v) is 2.83. The number of benzene rings is 1. The second kappa shape index (κ2) is 6.93. The van der Waals surface area contributed by atoms with E-state index in [1.165, 1.54) is 17.4 Å². The van der Waals surface area contributed by atoms with E-state index in [1.54, 1.807) is 17.6 Å². The van der Waals surface area contributed by atoms with Gasteiger partial charge in [-0.05, 0) is 37.0 Å². The number of hydrogen-bond donors (Lipinski definition) is 1. The van der Waals surface area contributed by atoms with Gasteiger partial charge in [-0.3, -0.25) is 15.0 Å². The van der Waals surface area contributed by atoms with E-state index in [4.69, 9.17) is 0 Å². The van der Waals surface area contributed by atoms with Gasteiger partial charge in [-0.2, -0.15) is 0 Å². The summed E-state index contributed by atoms with van der Waals surface area (Å²) in [5.74, 6) is -0.299. The highest BCUT2D eigenvalue weighted by molar-refractivity contribution is 7.13. The van der Waals surface area contributed by atoms with Crippen LogP contribution in [0.2, 0.25) is 0 Å². The Bertz CT molecular complexity index is 630. The van der Waals surface area contributed by atoms with Gasteiger partial charge < -0.3 is 0 Å². The Hall–Kier alpha value is -1.86. The Morgan fingerprint density at radius 1 is 1.45 bits per heavy atom. The summed E-state index contributed by atoms with van der Waals surface area (Å²) >= 11 is 1.30. The summed E-state index contributed by atoms with van der Waals surface area (Å²) in [4.78, 5) is 14.2. The van der Waals surface area contributed by atoms with E-state index in [9.17, 15) is 9.18 Å². The Morgan fingerprint density at radius 2 is 2.32 bits per heavy atom. The van der Waals surface area contributed by atoms with E-state index in [-0.39, 0.29) is 11.7 Å². The number of nitrogens with one attached hydrogen (secondary N) is 1. The van der Waals surface area contributed by atoms with E-state index < -0.39 is 0 Å². The minimum absolute atomic E-state index is 0.0807. The summed E-state index contributed by atoms with van der Waals surface area (Å²) in [6.07, 6.45) is 2.98. The number of carbonyl (C=O) groups excluding carboxylic acids is 1. The molecule has 0 unspecified atom stereocenters. The fraction of sp³-hybridized carbons (Fsp3) is 0.400. The number of anilines is 1. The Kier molecular flexibility index (Phi) is 4.74. The zero-order chi connectivity index (χ0) is 15.4. The van der Waals surface area contributed by atoms with Gasteiger partial charge in [-0.15, -0.1) is 10.2 Å². The van der Waals surface area contributed by atoms with Crippen molar-refractivity contribution in [3.05, 3.63) is 41.2 Å². The van der Waals surface area contributed by atoms with E-state index >= 15 is 0 Å². The highest BCUT2D eigenvalue weighted by Gasteiger charge is 2.30. The lowest BCUT2D eigenvalue weighted by molar-refractivity contribution is -0.117. The van der Waals surface area contributed by atoms with E-state index in [0.29, 0.717) is 17.7 Å². The van der Waals surface area contributed by atoms with Gasteiger partial charge in [0.2, 0.25) is 11.0 Å². The molecule has 0 spiro atoms. The van der Waals surface area contributed by atoms with Crippen LogP contribution in [0.25, 0.3) is 0 Å².